The van der Waals surface area contributed by atoms with E-state index in [0.717, 1.165) is 17.8 Å². The molecule has 0 radical (unpaired) electrons. The largest absolute Gasteiger partial charge is 0.422 e. The molecule has 4 aromatic rings. The molecule has 0 saturated carbocycles. The van der Waals surface area contributed by atoms with Crippen molar-refractivity contribution >= 4 is 34.8 Å². The van der Waals surface area contributed by atoms with Gasteiger partial charge in [-0.05, 0) is 36.6 Å². The summed E-state index contributed by atoms with van der Waals surface area (Å²) < 4.78 is 7.73. The normalized spacial score (nSPS) is 16.8. The number of anilines is 1. The molecule has 1 amide bonds. The van der Waals surface area contributed by atoms with Crippen molar-refractivity contribution in [3.63, 3.8) is 0 Å². The molecule has 5 rings (SSSR count). The smallest absolute Gasteiger partial charge is 0.300 e. The lowest BCUT2D eigenvalue weighted by atomic mass is 9.97. The van der Waals surface area contributed by atoms with Crippen LogP contribution in [0.3, 0.4) is 0 Å². The number of piperazine rings is 1. The monoisotopic (exact) mass is 493 g/mol. The third-order valence-corrected chi connectivity index (χ3v) is 6.18. The van der Waals surface area contributed by atoms with Gasteiger partial charge in [0.25, 0.3) is 11.9 Å². The molecule has 4 heterocycles. The van der Waals surface area contributed by atoms with Gasteiger partial charge >= 0.3 is 0 Å². The third-order valence-electron chi connectivity index (χ3n) is 5.97. The van der Waals surface area contributed by atoms with E-state index in [4.69, 9.17) is 16.0 Å². The molecule has 9 nitrogen and oxygen atoms in total. The van der Waals surface area contributed by atoms with E-state index in [2.05, 4.69) is 52.9 Å². The molecule has 1 aromatic carbocycles. The van der Waals surface area contributed by atoms with Gasteiger partial charge in [-0.2, -0.15) is 4.98 Å². The minimum Gasteiger partial charge on any atom is -0.422 e. The minimum absolute atomic E-state index is 0.00505. The molecule has 0 bridgehead atoms. The predicted octanol–water partition coefficient (Wildman–Crippen LogP) is 4.53. The van der Waals surface area contributed by atoms with E-state index in [1.807, 2.05) is 40.0 Å². The van der Waals surface area contributed by atoms with Gasteiger partial charge in [-0.1, -0.05) is 49.7 Å². The van der Waals surface area contributed by atoms with Crippen molar-refractivity contribution < 1.29 is 9.21 Å². The van der Waals surface area contributed by atoms with Gasteiger partial charge in [0.05, 0.1) is 6.20 Å². The van der Waals surface area contributed by atoms with Gasteiger partial charge in [-0.25, -0.2) is 4.98 Å². The molecule has 35 heavy (non-hydrogen) atoms. The Kier molecular flexibility index (Phi) is 5.96. The fraction of sp³-hybridized carbons (Fsp3) is 0.400. The number of aromatic nitrogens is 5. The van der Waals surface area contributed by atoms with Crippen LogP contribution in [0.4, 0.5) is 6.01 Å². The lowest BCUT2D eigenvalue weighted by molar-refractivity contribution is 0.0724. The number of hydrogen-bond acceptors (Lipinski definition) is 7. The summed E-state index contributed by atoms with van der Waals surface area (Å²) >= 11 is 5.96. The molecule has 1 aliphatic heterocycles. The molecule has 1 fully saturated rings. The number of amides is 1. The molecule has 10 heteroatoms. The third kappa shape index (κ3) is 5.00. The maximum absolute atomic E-state index is 13.2. The average Bonchev–Trinajstić information content (AvgIpc) is 3.44. The van der Waals surface area contributed by atoms with Gasteiger partial charge in [-0.15, -0.1) is 5.10 Å². The van der Waals surface area contributed by atoms with Crippen LogP contribution in [-0.4, -0.2) is 61.4 Å². The first-order valence-corrected chi connectivity index (χ1v) is 12.0. The second kappa shape index (κ2) is 8.96. The number of hydrogen-bond donors (Lipinski definition) is 0. The number of rotatable bonds is 4. The molecule has 1 saturated heterocycles. The fourth-order valence-electron chi connectivity index (χ4n) is 4.29. The molecule has 1 atom stereocenters. The van der Waals surface area contributed by atoms with Crippen LogP contribution in [-0.2, 0) is 6.54 Å². The Morgan fingerprint density at radius 1 is 1.11 bits per heavy atom. The molecule has 0 aliphatic carbocycles. The Labute approximate surface area is 208 Å². The van der Waals surface area contributed by atoms with Crippen molar-refractivity contribution in [3.05, 3.63) is 53.3 Å². The van der Waals surface area contributed by atoms with E-state index < -0.39 is 0 Å². The lowest BCUT2D eigenvalue weighted by Gasteiger charge is -2.39. The zero-order valence-electron chi connectivity index (χ0n) is 20.3. The lowest BCUT2D eigenvalue weighted by Crippen LogP contribution is -2.53. The van der Waals surface area contributed by atoms with Crippen LogP contribution in [0.5, 0.6) is 0 Å². The second-order valence-electron chi connectivity index (χ2n) is 10.2. The SMILES string of the molecule is C[C@H]1CN(C(=O)c2ccc(-c3cn(CC(C)(C)C)nn3)cc2)CCN1c1nc2nc(Cl)ccc2o1. The van der Waals surface area contributed by atoms with E-state index in [-0.39, 0.29) is 17.4 Å². The highest BCUT2D eigenvalue weighted by Gasteiger charge is 2.30. The maximum atomic E-state index is 13.2. The fourth-order valence-corrected chi connectivity index (χ4v) is 4.44. The number of carbonyl (C=O) groups excluding carboxylic acids is 1. The molecule has 0 N–H and O–H groups in total. The first-order valence-electron chi connectivity index (χ1n) is 11.7. The van der Waals surface area contributed by atoms with Crippen LogP contribution in [0.2, 0.25) is 5.15 Å². The second-order valence-corrected chi connectivity index (χ2v) is 10.6. The van der Waals surface area contributed by atoms with Gasteiger partial charge in [-0.3, -0.25) is 9.48 Å². The standard InChI is InChI=1S/C25H28ClN7O2/c1-16-13-31(11-12-33(16)24-28-22-20(35-24)9-10-21(26)27-22)23(34)18-7-5-17(6-8-18)19-14-32(30-29-19)15-25(2,3)4/h5-10,14,16H,11-13,15H2,1-4H3/t16-/m0/s1. The average molecular weight is 494 g/mol. The number of carbonyl (C=O) groups is 1. The van der Waals surface area contributed by atoms with Gasteiger partial charge in [0.1, 0.15) is 10.8 Å². The van der Waals surface area contributed by atoms with Crippen molar-refractivity contribution in [2.45, 2.75) is 40.3 Å². The summed E-state index contributed by atoms with van der Waals surface area (Å²) in [6.45, 7) is 11.1. The zero-order chi connectivity index (χ0) is 24.7. The first-order chi connectivity index (χ1) is 16.7. The summed E-state index contributed by atoms with van der Waals surface area (Å²) in [5.41, 5.74) is 3.57. The highest BCUT2D eigenvalue weighted by molar-refractivity contribution is 6.29. The molecule has 0 unspecified atom stereocenters. The topological polar surface area (TPSA) is 93.2 Å². The van der Waals surface area contributed by atoms with Crippen LogP contribution in [0, 0.1) is 5.41 Å². The van der Waals surface area contributed by atoms with Crippen LogP contribution in [0.1, 0.15) is 38.1 Å². The molecule has 3 aromatic heterocycles. The number of halogens is 1. The Bertz CT molecular complexity index is 1360. The van der Waals surface area contributed by atoms with Crippen molar-refractivity contribution in [3.8, 4) is 11.3 Å². The maximum Gasteiger partial charge on any atom is 0.300 e. The molecular formula is C25H28ClN7O2. The number of nitrogens with zero attached hydrogens (tertiary/aromatic N) is 7. The Morgan fingerprint density at radius 2 is 1.89 bits per heavy atom. The number of pyridine rings is 1. The van der Waals surface area contributed by atoms with Crippen LogP contribution in [0.15, 0.2) is 47.0 Å². The van der Waals surface area contributed by atoms with Crippen molar-refractivity contribution in [1.29, 1.82) is 0 Å². The van der Waals surface area contributed by atoms with E-state index in [9.17, 15) is 4.79 Å². The van der Waals surface area contributed by atoms with E-state index in [0.29, 0.717) is 47.6 Å². The molecule has 1 aliphatic rings. The number of fused-ring (bicyclic) bond motifs is 1. The Balaban J connectivity index is 1.25. The number of oxazole rings is 1. The molecule has 182 valence electrons. The summed E-state index contributed by atoms with van der Waals surface area (Å²) in [7, 11) is 0. The van der Waals surface area contributed by atoms with Crippen LogP contribution in [0.25, 0.3) is 22.5 Å². The summed E-state index contributed by atoms with van der Waals surface area (Å²) in [5, 5.41) is 8.90. The van der Waals surface area contributed by atoms with E-state index in [1.165, 1.54) is 0 Å². The van der Waals surface area contributed by atoms with E-state index >= 15 is 0 Å². The van der Waals surface area contributed by atoms with Gasteiger partial charge in [0, 0.05) is 43.3 Å². The van der Waals surface area contributed by atoms with Crippen LogP contribution < -0.4 is 4.90 Å². The summed E-state index contributed by atoms with van der Waals surface area (Å²) in [6, 6.07) is 11.5. The Hall–Kier alpha value is -3.46. The van der Waals surface area contributed by atoms with E-state index in [1.54, 1.807) is 12.1 Å². The van der Waals surface area contributed by atoms with Crippen molar-refractivity contribution in [2.24, 2.45) is 5.41 Å². The van der Waals surface area contributed by atoms with Gasteiger partial charge < -0.3 is 14.2 Å². The highest BCUT2D eigenvalue weighted by Crippen LogP contribution is 2.26. The first kappa shape index (κ1) is 23.3. The number of benzene rings is 1. The van der Waals surface area contributed by atoms with Crippen molar-refractivity contribution in [1.82, 2.24) is 29.9 Å². The van der Waals surface area contributed by atoms with Crippen LogP contribution >= 0.6 is 11.6 Å². The summed E-state index contributed by atoms with van der Waals surface area (Å²) in [5.74, 6) is 0.00505. The van der Waals surface area contributed by atoms with Gasteiger partial charge in [0.2, 0.25) is 5.65 Å². The highest BCUT2D eigenvalue weighted by atomic mass is 35.5. The van der Waals surface area contributed by atoms with Gasteiger partial charge in [0.15, 0.2) is 5.58 Å². The Morgan fingerprint density at radius 3 is 2.60 bits per heavy atom. The predicted molar refractivity (Wildman–Crippen MR) is 134 cm³/mol. The zero-order valence-corrected chi connectivity index (χ0v) is 21.0. The molecule has 0 spiro atoms. The summed E-state index contributed by atoms with van der Waals surface area (Å²) in [6.07, 6.45) is 1.94. The minimum atomic E-state index is 0.00505. The summed E-state index contributed by atoms with van der Waals surface area (Å²) in [4.78, 5) is 25.8. The molecular weight excluding hydrogens is 466 g/mol. The quantitative estimate of drug-likeness (QED) is 0.385. The van der Waals surface area contributed by atoms with Crippen molar-refractivity contribution in [2.75, 3.05) is 24.5 Å².